The fraction of sp³-hybridized carbons (Fsp3) is 0.296. The molecule has 0 spiro atoms. The molecular weight excluding hydrogens is 474 g/mol. The van der Waals surface area contributed by atoms with Crippen molar-refractivity contribution in [2.75, 3.05) is 18.5 Å². The fourth-order valence-corrected chi connectivity index (χ4v) is 4.82. The number of thiophene rings is 1. The molecule has 1 atom stereocenters. The summed E-state index contributed by atoms with van der Waals surface area (Å²) < 4.78 is 6.82. The number of nitrogens with zero attached hydrogens (tertiary/aromatic N) is 3. The van der Waals surface area contributed by atoms with Crippen molar-refractivity contribution < 1.29 is 14.3 Å². The summed E-state index contributed by atoms with van der Waals surface area (Å²) in [5.41, 5.74) is 3.64. The molecule has 1 aromatic carbocycles. The number of rotatable bonds is 10. The highest BCUT2D eigenvalue weighted by molar-refractivity contribution is 7.23. The molecule has 186 valence electrons. The molecule has 0 aliphatic heterocycles. The lowest BCUT2D eigenvalue weighted by Gasteiger charge is -2.12. The number of carbonyl (C=O) groups excluding carboxylic acids is 2. The second-order valence-corrected chi connectivity index (χ2v) is 9.45. The SMILES string of the molecule is CCNC(=O)Nc1cc2cc(-c3cnc(C(C)OCCCC(C)=O)nc3)cc(-c3ccccn3)c2s1. The minimum absolute atomic E-state index is 0.159. The van der Waals surface area contributed by atoms with E-state index in [1.54, 1.807) is 25.5 Å². The van der Waals surface area contributed by atoms with Crippen molar-refractivity contribution in [2.24, 2.45) is 0 Å². The van der Waals surface area contributed by atoms with Crippen LogP contribution in [-0.2, 0) is 9.53 Å². The van der Waals surface area contributed by atoms with E-state index in [1.165, 1.54) is 11.3 Å². The molecule has 2 amide bonds. The third-order valence-electron chi connectivity index (χ3n) is 5.54. The summed E-state index contributed by atoms with van der Waals surface area (Å²) in [5, 5.41) is 7.42. The Balaban J connectivity index is 1.62. The lowest BCUT2D eigenvalue weighted by Crippen LogP contribution is -2.27. The molecule has 0 saturated heterocycles. The number of fused-ring (bicyclic) bond motifs is 1. The van der Waals surface area contributed by atoms with Gasteiger partial charge in [-0.25, -0.2) is 14.8 Å². The van der Waals surface area contributed by atoms with E-state index in [1.807, 2.05) is 38.1 Å². The summed E-state index contributed by atoms with van der Waals surface area (Å²) in [6.07, 6.45) is 6.29. The van der Waals surface area contributed by atoms with Gasteiger partial charge in [-0.3, -0.25) is 10.3 Å². The van der Waals surface area contributed by atoms with Crippen LogP contribution in [0.4, 0.5) is 9.80 Å². The minimum Gasteiger partial charge on any atom is -0.370 e. The van der Waals surface area contributed by atoms with Crippen molar-refractivity contribution in [1.29, 1.82) is 0 Å². The second-order valence-electron chi connectivity index (χ2n) is 8.40. The van der Waals surface area contributed by atoms with Gasteiger partial charge in [-0.2, -0.15) is 0 Å². The van der Waals surface area contributed by atoms with Crippen LogP contribution in [0.2, 0.25) is 0 Å². The van der Waals surface area contributed by atoms with Gasteiger partial charge in [0, 0.05) is 54.0 Å². The first-order valence-electron chi connectivity index (χ1n) is 11.9. The van der Waals surface area contributed by atoms with Crippen LogP contribution in [0, 0.1) is 0 Å². The van der Waals surface area contributed by atoms with E-state index in [0.29, 0.717) is 31.8 Å². The maximum absolute atomic E-state index is 12.1. The molecule has 4 aromatic rings. The Bertz CT molecular complexity index is 1340. The lowest BCUT2D eigenvalue weighted by atomic mass is 10.0. The van der Waals surface area contributed by atoms with Crippen molar-refractivity contribution in [2.45, 2.75) is 39.7 Å². The predicted octanol–water partition coefficient (Wildman–Crippen LogP) is 6.01. The first kappa shape index (κ1) is 25.4. The zero-order valence-corrected chi connectivity index (χ0v) is 21.4. The van der Waals surface area contributed by atoms with Crippen LogP contribution in [0.25, 0.3) is 32.5 Å². The van der Waals surface area contributed by atoms with Crippen molar-refractivity contribution in [3.8, 4) is 22.4 Å². The van der Waals surface area contributed by atoms with E-state index in [4.69, 9.17) is 4.74 Å². The Morgan fingerprint density at radius 2 is 1.89 bits per heavy atom. The maximum atomic E-state index is 12.1. The zero-order chi connectivity index (χ0) is 25.5. The van der Waals surface area contributed by atoms with Gasteiger partial charge in [-0.05, 0) is 68.5 Å². The van der Waals surface area contributed by atoms with Crippen LogP contribution in [0.15, 0.2) is 55.0 Å². The molecule has 0 saturated carbocycles. The number of hydrogen-bond donors (Lipinski definition) is 2. The Labute approximate surface area is 214 Å². The molecular formula is C27H29N5O3S. The van der Waals surface area contributed by atoms with E-state index in [-0.39, 0.29) is 17.9 Å². The minimum atomic E-state index is -0.266. The first-order valence-corrected chi connectivity index (χ1v) is 12.7. The summed E-state index contributed by atoms with van der Waals surface area (Å²) in [6, 6.07) is 11.7. The van der Waals surface area contributed by atoms with Gasteiger partial charge in [0.25, 0.3) is 0 Å². The van der Waals surface area contributed by atoms with Crippen LogP contribution in [-0.4, -0.2) is 39.9 Å². The molecule has 9 heteroatoms. The number of aromatic nitrogens is 3. The topological polar surface area (TPSA) is 106 Å². The highest BCUT2D eigenvalue weighted by Gasteiger charge is 2.15. The van der Waals surface area contributed by atoms with E-state index in [2.05, 4.69) is 37.7 Å². The molecule has 3 heterocycles. The lowest BCUT2D eigenvalue weighted by molar-refractivity contribution is -0.117. The summed E-state index contributed by atoms with van der Waals surface area (Å²) in [4.78, 5) is 36.8. The maximum Gasteiger partial charge on any atom is 0.319 e. The largest absolute Gasteiger partial charge is 0.370 e. The quantitative estimate of drug-likeness (QED) is 0.257. The molecule has 3 aromatic heterocycles. The number of carbonyl (C=O) groups is 2. The Morgan fingerprint density at radius 1 is 1.08 bits per heavy atom. The van der Waals surface area contributed by atoms with Crippen LogP contribution in [0.5, 0.6) is 0 Å². The van der Waals surface area contributed by atoms with Crippen LogP contribution < -0.4 is 10.6 Å². The molecule has 0 aliphatic carbocycles. The summed E-state index contributed by atoms with van der Waals surface area (Å²) in [5.74, 6) is 0.753. The van der Waals surface area contributed by atoms with E-state index in [0.717, 1.165) is 37.5 Å². The van der Waals surface area contributed by atoms with Crippen LogP contribution >= 0.6 is 11.3 Å². The van der Waals surface area contributed by atoms with Gasteiger partial charge in [0.05, 0.1) is 10.7 Å². The molecule has 2 N–H and O–H groups in total. The van der Waals surface area contributed by atoms with Gasteiger partial charge < -0.3 is 14.8 Å². The number of ether oxygens (including phenoxy) is 1. The van der Waals surface area contributed by atoms with Gasteiger partial charge in [-0.1, -0.05) is 6.07 Å². The molecule has 36 heavy (non-hydrogen) atoms. The van der Waals surface area contributed by atoms with Crippen molar-refractivity contribution in [3.63, 3.8) is 0 Å². The van der Waals surface area contributed by atoms with Gasteiger partial charge in [-0.15, -0.1) is 11.3 Å². The number of hydrogen-bond acceptors (Lipinski definition) is 7. The van der Waals surface area contributed by atoms with Crippen molar-refractivity contribution >= 4 is 38.2 Å². The summed E-state index contributed by atoms with van der Waals surface area (Å²) in [6.45, 7) is 6.41. The number of Topliss-reactive ketones (excluding diaryl/α,β-unsaturated/α-hetero) is 1. The van der Waals surface area contributed by atoms with E-state index in [9.17, 15) is 9.59 Å². The summed E-state index contributed by atoms with van der Waals surface area (Å²) >= 11 is 1.51. The van der Waals surface area contributed by atoms with Gasteiger partial charge in [0.15, 0.2) is 5.82 Å². The van der Waals surface area contributed by atoms with Gasteiger partial charge >= 0.3 is 6.03 Å². The molecule has 0 bridgehead atoms. The Morgan fingerprint density at radius 3 is 2.58 bits per heavy atom. The first-order chi connectivity index (χ1) is 17.4. The Kier molecular flexibility index (Phi) is 8.35. The molecule has 0 aliphatic rings. The van der Waals surface area contributed by atoms with Crippen molar-refractivity contribution in [3.05, 3.63) is 60.8 Å². The standard InChI is InChI=1S/C27H29N5O3S/c1-4-28-27(34)32-24-14-20-12-19(13-22(25(20)36-24)23-9-5-6-10-29-23)21-15-30-26(31-16-21)18(3)35-11-7-8-17(2)33/h5-6,9-10,12-16,18H,4,7-8,11H2,1-3H3,(H2,28,32,34). The second kappa shape index (κ2) is 11.8. The normalized spacial score (nSPS) is 11.9. The van der Waals surface area contributed by atoms with Crippen molar-refractivity contribution in [1.82, 2.24) is 20.3 Å². The summed E-state index contributed by atoms with van der Waals surface area (Å²) in [7, 11) is 0. The van der Waals surface area contributed by atoms with Gasteiger partial charge in [0.1, 0.15) is 11.9 Å². The third-order valence-corrected chi connectivity index (χ3v) is 6.64. The molecule has 0 radical (unpaired) electrons. The smallest absolute Gasteiger partial charge is 0.319 e. The predicted molar refractivity (Wildman–Crippen MR) is 143 cm³/mol. The zero-order valence-electron chi connectivity index (χ0n) is 20.6. The molecule has 1 unspecified atom stereocenters. The van der Waals surface area contributed by atoms with E-state index < -0.39 is 0 Å². The average Bonchev–Trinajstić information content (AvgIpc) is 3.28. The van der Waals surface area contributed by atoms with Gasteiger partial charge in [0.2, 0.25) is 0 Å². The number of amides is 2. The fourth-order valence-electron chi connectivity index (χ4n) is 3.76. The number of anilines is 1. The molecule has 0 fully saturated rings. The monoisotopic (exact) mass is 503 g/mol. The van der Waals surface area contributed by atoms with E-state index >= 15 is 0 Å². The number of ketones is 1. The Hall–Kier alpha value is -3.69. The highest BCUT2D eigenvalue weighted by Crippen LogP contribution is 2.40. The number of nitrogens with one attached hydrogen (secondary N) is 2. The number of pyridine rings is 1. The van der Waals surface area contributed by atoms with Crippen LogP contribution in [0.3, 0.4) is 0 Å². The average molecular weight is 504 g/mol. The number of benzene rings is 1. The molecule has 4 rings (SSSR count). The number of urea groups is 1. The highest BCUT2D eigenvalue weighted by atomic mass is 32.1. The third kappa shape index (κ3) is 6.30. The molecule has 8 nitrogen and oxygen atoms in total. The van der Waals surface area contributed by atoms with Crippen LogP contribution in [0.1, 0.15) is 45.5 Å².